The molecule has 0 aromatic heterocycles. The number of ether oxygens (including phenoxy) is 10. The molecule has 2 aromatic carbocycles. The van der Waals surface area contributed by atoms with Gasteiger partial charge in [0.2, 0.25) is 0 Å². The van der Waals surface area contributed by atoms with Crippen molar-refractivity contribution in [2.45, 2.75) is 116 Å². The highest BCUT2D eigenvalue weighted by Gasteiger charge is 2.50. The lowest BCUT2D eigenvalue weighted by molar-refractivity contribution is -0.0267. The summed E-state index contributed by atoms with van der Waals surface area (Å²) in [4.78, 5) is 0. The van der Waals surface area contributed by atoms with Gasteiger partial charge in [-0.2, -0.15) is 0 Å². The van der Waals surface area contributed by atoms with E-state index in [1.807, 2.05) is 0 Å². The predicted molar refractivity (Wildman–Crippen MR) is 257 cm³/mol. The Balaban J connectivity index is 1.23. The smallest absolute Gasteiger partial charge is 0.261 e. The first-order chi connectivity index (χ1) is 31.0. The first-order valence-corrected chi connectivity index (χ1v) is 26.5. The topological polar surface area (TPSA) is 102 Å². The van der Waals surface area contributed by atoms with Crippen LogP contribution < -0.4 is 10.4 Å². The molecule has 0 aliphatic carbocycles. The summed E-state index contributed by atoms with van der Waals surface area (Å²) in [6.07, 6.45) is 17.8. The van der Waals surface area contributed by atoms with Gasteiger partial charge in [0, 0.05) is 6.61 Å². The van der Waals surface area contributed by atoms with Crippen molar-refractivity contribution in [3.05, 3.63) is 60.7 Å². The summed E-state index contributed by atoms with van der Waals surface area (Å²) in [5.41, 5.74) is 0. The van der Waals surface area contributed by atoms with Crippen molar-refractivity contribution in [3.8, 4) is 0 Å². The lowest BCUT2D eigenvalue weighted by Crippen LogP contribution is -2.66. The minimum absolute atomic E-state index is 0.0554. The van der Waals surface area contributed by atoms with Gasteiger partial charge < -0.3 is 51.8 Å². The molecule has 0 atom stereocenters. The van der Waals surface area contributed by atoms with Gasteiger partial charge in [0.1, 0.15) is 0 Å². The van der Waals surface area contributed by atoms with Gasteiger partial charge in [-0.05, 0) is 21.8 Å². The second-order valence-electron chi connectivity index (χ2n) is 16.9. The fourth-order valence-electron chi connectivity index (χ4n) is 7.32. The first kappa shape index (κ1) is 57.3. The molecule has 0 spiro atoms. The maximum atomic E-state index is 6.86. The van der Waals surface area contributed by atoms with Crippen molar-refractivity contribution >= 4 is 18.7 Å². The van der Waals surface area contributed by atoms with E-state index in [1.165, 1.54) is 87.4 Å². The van der Waals surface area contributed by atoms with Crippen LogP contribution in [0, 0.1) is 0 Å². The van der Waals surface area contributed by atoms with Gasteiger partial charge in [0.05, 0.1) is 132 Å². The largest absolute Gasteiger partial charge is 0.405 e. The number of rotatable bonds is 47. The Kier molecular flexibility index (Phi) is 37.9. The molecule has 0 radical (unpaired) electrons. The first-order valence-electron chi connectivity index (χ1n) is 24.5. The molecule has 0 aliphatic rings. The molecule has 0 unspecified atom stereocenters. The summed E-state index contributed by atoms with van der Waals surface area (Å²) in [5, 5.41) is 2.49. The van der Waals surface area contributed by atoms with E-state index < -0.39 is 8.32 Å². The normalized spacial score (nSPS) is 12.1. The van der Waals surface area contributed by atoms with Crippen molar-refractivity contribution in [2.24, 2.45) is 0 Å². The van der Waals surface area contributed by atoms with Crippen LogP contribution >= 0.6 is 0 Å². The van der Waals surface area contributed by atoms with Crippen LogP contribution in [-0.2, 0) is 51.8 Å². The standard InChI is InChI=1S/C51H90O11Si/c1-5-6-7-8-9-10-11-12-13-14-15-16-23-28-52-29-30-53-31-32-54-33-34-55-35-36-56-37-38-57-39-40-58-41-42-59-43-44-60-45-46-61-47-48-62-63(51(2,3)4,49-24-19-17-20-25-49)50-26-21-18-22-27-50/h17-22,24-27H,5-16,23,28-48H2,1-4H3. The Morgan fingerprint density at radius 1 is 0.302 bits per heavy atom. The molecule has 0 aliphatic heterocycles. The van der Waals surface area contributed by atoms with Gasteiger partial charge in [0.25, 0.3) is 8.32 Å². The minimum atomic E-state index is -2.54. The molecule has 2 rings (SSSR count). The summed E-state index contributed by atoms with van der Waals surface area (Å²) in [7, 11) is -2.54. The number of hydrogen-bond acceptors (Lipinski definition) is 11. The van der Waals surface area contributed by atoms with Crippen LogP contribution in [0.2, 0.25) is 5.04 Å². The van der Waals surface area contributed by atoms with E-state index >= 15 is 0 Å². The maximum absolute atomic E-state index is 6.86. The van der Waals surface area contributed by atoms with Crippen LogP contribution in [0.4, 0.5) is 0 Å². The lowest BCUT2D eigenvalue weighted by Gasteiger charge is -2.43. The molecule has 0 bridgehead atoms. The lowest BCUT2D eigenvalue weighted by atomic mass is 10.0. The van der Waals surface area contributed by atoms with E-state index in [2.05, 4.69) is 88.4 Å². The molecule has 0 saturated heterocycles. The monoisotopic (exact) mass is 907 g/mol. The summed E-state index contributed by atoms with van der Waals surface area (Å²) in [5.74, 6) is 0. The van der Waals surface area contributed by atoms with Crippen LogP contribution in [-0.4, -0.2) is 147 Å². The van der Waals surface area contributed by atoms with E-state index in [4.69, 9.17) is 51.8 Å². The van der Waals surface area contributed by atoms with Gasteiger partial charge >= 0.3 is 0 Å². The van der Waals surface area contributed by atoms with E-state index in [0.29, 0.717) is 132 Å². The van der Waals surface area contributed by atoms with E-state index in [1.54, 1.807) is 0 Å². The molecule has 364 valence electrons. The van der Waals surface area contributed by atoms with Crippen LogP contribution in [0.15, 0.2) is 60.7 Å². The quantitative estimate of drug-likeness (QED) is 0.0471. The highest BCUT2D eigenvalue weighted by atomic mass is 28.4. The van der Waals surface area contributed by atoms with E-state index in [0.717, 1.165) is 13.0 Å². The number of hydrogen-bond donors (Lipinski definition) is 0. The minimum Gasteiger partial charge on any atom is -0.405 e. The third-order valence-corrected chi connectivity index (χ3v) is 15.7. The zero-order valence-electron chi connectivity index (χ0n) is 40.3. The second-order valence-corrected chi connectivity index (χ2v) is 21.2. The van der Waals surface area contributed by atoms with Gasteiger partial charge in [-0.25, -0.2) is 0 Å². The SMILES string of the molecule is CCCCCCCCCCCCCCCOCCOCCOCCOCCOCCOCCOCCOCCOCCOCCO[Si](c1ccccc1)(c1ccccc1)C(C)(C)C. The second kappa shape index (κ2) is 41.6. The van der Waals surface area contributed by atoms with Crippen LogP contribution in [0.1, 0.15) is 111 Å². The van der Waals surface area contributed by atoms with Crippen molar-refractivity contribution < 1.29 is 51.8 Å². The van der Waals surface area contributed by atoms with Gasteiger partial charge in [-0.1, -0.05) is 165 Å². The van der Waals surface area contributed by atoms with E-state index in [-0.39, 0.29) is 5.04 Å². The molecule has 0 saturated carbocycles. The molecule has 0 fully saturated rings. The van der Waals surface area contributed by atoms with Crippen molar-refractivity contribution in [1.82, 2.24) is 0 Å². The van der Waals surface area contributed by atoms with Gasteiger partial charge in [0.15, 0.2) is 0 Å². The Morgan fingerprint density at radius 2 is 0.540 bits per heavy atom. The zero-order chi connectivity index (χ0) is 45.0. The third-order valence-electron chi connectivity index (χ3n) is 10.7. The summed E-state index contributed by atoms with van der Waals surface area (Å²) in [6.45, 7) is 20.6. The van der Waals surface area contributed by atoms with Crippen molar-refractivity contribution in [1.29, 1.82) is 0 Å². The van der Waals surface area contributed by atoms with Crippen LogP contribution in [0.25, 0.3) is 0 Å². The highest BCUT2D eigenvalue weighted by molar-refractivity contribution is 6.99. The zero-order valence-corrected chi connectivity index (χ0v) is 41.3. The highest BCUT2D eigenvalue weighted by Crippen LogP contribution is 2.36. The van der Waals surface area contributed by atoms with Gasteiger partial charge in [-0.15, -0.1) is 0 Å². The third kappa shape index (κ3) is 30.2. The average molecular weight is 907 g/mol. The molecular weight excluding hydrogens is 817 g/mol. The molecule has 2 aromatic rings. The Hall–Kier alpha value is -1.78. The number of unbranched alkanes of at least 4 members (excludes halogenated alkanes) is 12. The van der Waals surface area contributed by atoms with Crippen LogP contribution in [0.3, 0.4) is 0 Å². The molecule has 63 heavy (non-hydrogen) atoms. The predicted octanol–water partition coefficient (Wildman–Crippen LogP) is 8.82. The molecular formula is C51H90O11Si. The van der Waals surface area contributed by atoms with Crippen molar-refractivity contribution in [3.63, 3.8) is 0 Å². The molecule has 0 N–H and O–H groups in total. The summed E-state index contributed by atoms with van der Waals surface area (Å²) < 4.78 is 63.1. The Bertz CT molecular complexity index is 1180. The fourth-order valence-corrected chi connectivity index (χ4v) is 11.9. The molecule has 12 heteroatoms. The van der Waals surface area contributed by atoms with E-state index in [9.17, 15) is 0 Å². The molecule has 0 heterocycles. The summed E-state index contributed by atoms with van der Waals surface area (Å²) in [6, 6.07) is 21.3. The fraction of sp³-hybridized carbons (Fsp3) is 0.765. The van der Waals surface area contributed by atoms with Crippen LogP contribution in [0.5, 0.6) is 0 Å². The summed E-state index contributed by atoms with van der Waals surface area (Å²) >= 11 is 0. The number of benzene rings is 2. The van der Waals surface area contributed by atoms with Crippen molar-refractivity contribution in [2.75, 3.05) is 139 Å². The van der Waals surface area contributed by atoms with Gasteiger partial charge in [-0.3, -0.25) is 0 Å². The Labute approximate surface area is 384 Å². The average Bonchev–Trinajstić information content (AvgIpc) is 3.29. The maximum Gasteiger partial charge on any atom is 0.261 e. The Morgan fingerprint density at radius 3 is 0.810 bits per heavy atom. The molecule has 11 nitrogen and oxygen atoms in total. The molecule has 0 amide bonds.